The first-order valence-electron chi connectivity index (χ1n) is 6.29. The molecule has 3 nitrogen and oxygen atoms in total. The van der Waals surface area contributed by atoms with Gasteiger partial charge < -0.3 is 11.1 Å². The van der Waals surface area contributed by atoms with Crippen LogP contribution in [0, 0.1) is 17.8 Å². The number of nitrogens with two attached hydrogens (primary N) is 1. The van der Waals surface area contributed by atoms with Crippen molar-refractivity contribution in [3.05, 3.63) is 0 Å². The monoisotopic (exact) mass is 210 g/mol. The fraction of sp³-hybridized carbons (Fsp3) is 0.917. The molecule has 2 unspecified atom stereocenters. The summed E-state index contributed by atoms with van der Waals surface area (Å²) in [6, 6.07) is 0. The summed E-state index contributed by atoms with van der Waals surface area (Å²) >= 11 is 0. The molecule has 0 saturated heterocycles. The van der Waals surface area contributed by atoms with Crippen LogP contribution in [0.2, 0.25) is 0 Å². The molecule has 0 spiro atoms. The third-order valence-corrected chi connectivity index (χ3v) is 4.09. The van der Waals surface area contributed by atoms with Gasteiger partial charge in [0.2, 0.25) is 5.91 Å². The number of amides is 1. The van der Waals surface area contributed by atoms with Gasteiger partial charge in [-0.05, 0) is 44.1 Å². The van der Waals surface area contributed by atoms with Crippen molar-refractivity contribution in [1.82, 2.24) is 5.32 Å². The van der Waals surface area contributed by atoms with E-state index in [-0.39, 0.29) is 11.8 Å². The first kappa shape index (κ1) is 10.9. The minimum Gasteiger partial charge on any atom is -0.356 e. The van der Waals surface area contributed by atoms with Crippen molar-refractivity contribution in [2.75, 3.05) is 13.1 Å². The van der Waals surface area contributed by atoms with E-state index in [1.807, 2.05) is 0 Å². The van der Waals surface area contributed by atoms with Gasteiger partial charge in [-0.25, -0.2) is 0 Å². The Morgan fingerprint density at radius 2 is 1.93 bits per heavy atom. The lowest BCUT2D eigenvalue weighted by molar-refractivity contribution is -0.126. The molecule has 0 aromatic rings. The summed E-state index contributed by atoms with van der Waals surface area (Å²) in [4.78, 5) is 11.9. The van der Waals surface area contributed by atoms with Gasteiger partial charge in [0.1, 0.15) is 0 Å². The minimum atomic E-state index is 0.204. The molecule has 0 aliphatic heterocycles. The van der Waals surface area contributed by atoms with Crippen molar-refractivity contribution in [3.63, 3.8) is 0 Å². The summed E-state index contributed by atoms with van der Waals surface area (Å²) in [5.74, 6) is 1.66. The molecule has 2 saturated carbocycles. The summed E-state index contributed by atoms with van der Waals surface area (Å²) in [6.07, 6.45) is 7.28. The van der Waals surface area contributed by atoms with Crippen LogP contribution in [0.5, 0.6) is 0 Å². The van der Waals surface area contributed by atoms with E-state index in [4.69, 9.17) is 5.73 Å². The first-order chi connectivity index (χ1) is 7.31. The molecule has 3 N–H and O–H groups in total. The largest absolute Gasteiger partial charge is 0.356 e. The summed E-state index contributed by atoms with van der Waals surface area (Å²) in [5, 5.41) is 3.10. The van der Waals surface area contributed by atoms with Gasteiger partial charge in [-0.3, -0.25) is 4.79 Å². The van der Waals surface area contributed by atoms with Gasteiger partial charge in [-0.15, -0.1) is 0 Å². The predicted octanol–water partition coefficient (Wildman–Crippen LogP) is 1.28. The Morgan fingerprint density at radius 3 is 2.53 bits per heavy atom. The number of carbonyl (C=O) groups is 1. The highest BCUT2D eigenvalue weighted by atomic mass is 16.1. The van der Waals surface area contributed by atoms with Crippen molar-refractivity contribution < 1.29 is 4.79 Å². The van der Waals surface area contributed by atoms with E-state index in [2.05, 4.69) is 5.32 Å². The van der Waals surface area contributed by atoms with Crippen LogP contribution in [0.3, 0.4) is 0 Å². The molecule has 0 aromatic carbocycles. The molecule has 0 bridgehead atoms. The molecule has 0 radical (unpaired) electrons. The van der Waals surface area contributed by atoms with E-state index < -0.39 is 0 Å². The lowest BCUT2D eigenvalue weighted by Crippen LogP contribution is -2.38. The van der Waals surface area contributed by atoms with Crippen LogP contribution in [0.15, 0.2) is 0 Å². The van der Waals surface area contributed by atoms with Gasteiger partial charge in [0.05, 0.1) is 0 Å². The van der Waals surface area contributed by atoms with Gasteiger partial charge in [-0.1, -0.05) is 12.8 Å². The minimum absolute atomic E-state index is 0.204. The zero-order valence-electron chi connectivity index (χ0n) is 9.37. The van der Waals surface area contributed by atoms with Crippen molar-refractivity contribution >= 4 is 5.91 Å². The maximum absolute atomic E-state index is 11.9. The molecule has 2 rings (SSSR count). The molecule has 0 aromatic heterocycles. The topological polar surface area (TPSA) is 55.1 Å². The Morgan fingerprint density at radius 1 is 1.20 bits per heavy atom. The molecular weight excluding hydrogens is 188 g/mol. The third kappa shape index (κ3) is 2.51. The molecule has 2 atom stereocenters. The van der Waals surface area contributed by atoms with E-state index in [0.29, 0.717) is 12.5 Å². The van der Waals surface area contributed by atoms with Gasteiger partial charge >= 0.3 is 0 Å². The third-order valence-electron chi connectivity index (χ3n) is 4.09. The molecule has 3 heteroatoms. The standard InChI is InChI=1S/C12H22N2O/c13-7-10-5-2-6-11(10)12(15)14-8-9-3-1-4-9/h9-11H,1-8,13H2,(H,14,15). The molecule has 0 heterocycles. The summed E-state index contributed by atoms with van der Waals surface area (Å²) in [5.41, 5.74) is 5.68. The Labute approximate surface area is 91.8 Å². The molecule has 15 heavy (non-hydrogen) atoms. The van der Waals surface area contributed by atoms with E-state index in [1.54, 1.807) is 0 Å². The number of carbonyl (C=O) groups excluding carboxylic acids is 1. The summed E-state index contributed by atoms with van der Waals surface area (Å²) < 4.78 is 0. The van der Waals surface area contributed by atoms with E-state index >= 15 is 0 Å². The Balaban J connectivity index is 1.73. The van der Waals surface area contributed by atoms with Crippen LogP contribution in [0.25, 0.3) is 0 Å². The Kier molecular flexibility index (Phi) is 3.62. The first-order valence-corrected chi connectivity index (χ1v) is 6.29. The van der Waals surface area contributed by atoms with Crippen molar-refractivity contribution in [2.45, 2.75) is 38.5 Å². The molecule has 86 valence electrons. The summed E-state index contributed by atoms with van der Waals surface area (Å²) in [7, 11) is 0. The lowest BCUT2D eigenvalue weighted by atomic mass is 9.85. The normalized spacial score (nSPS) is 31.3. The highest BCUT2D eigenvalue weighted by Crippen LogP contribution is 2.31. The van der Waals surface area contributed by atoms with Crippen molar-refractivity contribution in [1.29, 1.82) is 0 Å². The summed E-state index contributed by atoms with van der Waals surface area (Å²) in [6.45, 7) is 1.56. The van der Waals surface area contributed by atoms with Crippen LogP contribution >= 0.6 is 0 Å². The van der Waals surface area contributed by atoms with Crippen LogP contribution in [0.1, 0.15) is 38.5 Å². The van der Waals surface area contributed by atoms with Crippen molar-refractivity contribution in [3.8, 4) is 0 Å². The molecular formula is C12H22N2O. The average Bonchev–Trinajstić information content (AvgIpc) is 2.62. The highest BCUT2D eigenvalue weighted by Gasteiger charge is 2.32. The number of rotatable bonds is 4. The quantitative estimate of drug-likeness (QED) is 0.734. The van der Waals surface area contributed by atoms with E-state index in [1.165, 1.54) is 25.7 Å². The fourth-order valence-corrected chi connectivity index (χ4v) is 2.74. The van der Waals surface area contributed by atoms with E-state index in [9.17, 15) is 4.79 Å². The predicted molar refractivity (Wildman–Crippen MR) is 60.2 cm³/mol. The Hall–Kier alpha value is -0.570. The fourth-order valence-electron chi connectivity index (χ4n) is 2.74. The Bertz CT molecular complexity index is 226. The molecule has 2 fully saturated rings. The second-order valence-electron chi connectivity index (χ2n) is 5.08. The zero-order valence-corrected chi connectivity index (χ0v) is 9.37. The van der Waals surface area contributed by atoms with Crippen LogP contribution in [-0.4, -0.2) is 19.0 Å². The van der Waals surface area contributed by atoms with Gasteiger partial charge in [-0.2, -0.15) is 0 Å². The highest BCUT2D eigenvalue weighted by molar-refractivity contribution is 5.79. The zero-order chi connectivity index (χ0) is 10.7. The molecule has 2 aliphatic rings. The maximum Gasteiger partial charge on any atom is 0.223 e. The van der Waals surface area contributed by atoms with Crippen LogP contribution in [-0.2, 0) is 4.79 Å². The second kappa shape index (κ2) is 4.97. The number of nitrogens with one attached hydrogen (secondary N) is 1. The van der Waals surface area contributed by atoms with Crippen LogP contribution in [0.4, 0.5) is 0 Å². The number of hydrogen-bond acceptors (Lipinski definition) is 2. The van der Waals surface area contributed by atoms with Crippen molar-refractivity contribution in [2.24, 2.45) is 23.5 Å². The second-order valence-corrected chi connectivity index (χ2v) is 5.08. The molecule has 2 aliphatic carbocycles. The maximum atomic E-state index is 11.9. The molecule has 1 amide bonds. The number of hydrogen-bond donors (Lipinski definition) is 2. The smallest absolute Gasteiger partial charge is 0.223 e. The van der Waals surface area contributed by atoms with E-state index in [0.717, 1.165) is 25.3 Å². The van der Waals surface area contributed by atoms with Gasteiger partial charge in [0.25, 0.3) is 0 Å². The van der Waals surface area contributed by atoms with Gasteiger partial charge in [0.15, 0.2) is 0 Å². The van der Waals surface area contributed by atoms with Gasteiger partial charge in [0, 0.05) is 12.5 Å². The average molecular weight is 210 g/mol. The van der Waals surface area contributed by atoms with Crippen LogP contribution < -0.4 is 11.1 Å². The lowest BCUT2D eigenvalue weighted by Gasteiger charge is -2.26. The SMILES string of the molecule is NCC1CCCC1C(=O)NCC1CCC1.